The average molecular weight is 473 g/mol. The van der Waals surface area contributed by atoms with Gasteiger partial charge in [-0.05, 0) is 73.4 Å². The number of pyridine rings is 1. The summed E-state index contributed by atoms with van der Waals surface area (Å²) in [5, 5.41) is 4.27. The summed E-state index contributed by atoms with van der Waals surface area (Å²) in [6, 6.07) is 12.2. The number of piperazine rings is 1. The van der Waals surface area contributed by atoms with Gasteiger partial charge in [0.1, 0.15) is 5.65 Å². The lowest BCUT2D eigenvalue weighted by Crippen LogP contribution is -2.44. The Hall–Kier alpha value is -2.93. The van der Waals surface area contributed by atoms with Gasteiger partial charge in [-0.3, -0.25) is 9.36 Å². The Labute approximate surface area is 207 Å². The Morgan fingerprint density at radius 3 is 2.40 bits per heavy atom. The number of anilines is 3. The lowest BCUT2D eigenvalue weighted by Gasteiger charge is -2.40. The predicted octanol–water partition coefficient (Wildman–Crippen LogP) is 4.67. The average Bonchev–Trinajstić information content (AvgIpc) is 3.19. The molecule has 2 aliphatic carbocycles. The van der Waals surface area contributed by atoms with Gasteiger partial charge >= 0.3 is 0 Å². The van der Waals surface area contributed by atoms with Gasteiger partial charge in [-0.1, -0.05) is 20.8 Å². The Morgan fingerprint density at radius 2 is 1.74 bits per heavy atom. The Kier molecular flexibility index (Phi) is 5.18. The first-order valence-electron chi connectivity index (χ1n) is 13.0. The van der Waals surface area contributed by atoms with Crippen molar-refractivity contribution in [1.82, 2.24) is 19.4 Å². The maximum Gasteiger partial charge on any atom is 0.252 e. The van der Waals surface area contributed by atoms with Gasteiger partial charge in [0.2, 0.25) is 5.95 Å². The molecule has 3 unspecified atom stereocenters. The van der Waals surface area contributed by atoms with Gasteiger partial charge in [-0.15, -0.1) is 0 Å². The highest BCUT2D eigenvalue weighted by atomic mass is 16.1. The van der Waals surface area contributed by atoms with E-state index >= 15 is 0 Å². The summed E-state index contributed by atoms with van der Waals surface area (Å²) in [6.45, 7) is 11.4. The van der Waals surface area contributed by atoms with Crippen LogP contribution in [0.5, 0.6) is 0 Å². The first kappa shape index (κ1) is 22.5. The van der Waals surface area contributed by atoms with Crippen LogP contribution in [0.2, 0.25) is 0 Å². The number of nitrogens with zero attached hydrogens (tertiary/aromatic N) is 5. The van der Waals surface area contributed by atoms with E-state index in [-0.39, 0.29) is 22.4 Å². The highest BCUT2D eigenvalue weighted by Gasteiger charge is 2.62. The molecule has 1 N–H and O–H groups in total. The monoisotopic (exact) mass is 472 g/mol. The molecule has 1 aliphatic heterocycles. The normalized spacial score (nSPS) is 28.1. The molecule has 3 heterocycles. The summed E-state index contributed by atoms with van der Waals surface area (Å²) in [7, 11) is 2.17. The first-order valence-corrected chi connectivity index (χ1v) is 13.0. The molecule has 1 saturated heterocycles. The van der Waals surface area contributed by atoms with E-state index in [0.717, 1.165) is 55.7 Å². The lowest BCUT2D eigenvalue weighted by atomic mass is 9.69. The molecule has 3 fully saturated rings. The number of benzene rings is 1. The smallest absolute Gasteiger partial charge is 0.252 e. The predicted molar refractivity (Wildman–Crippen MR) is 141 cm³/mol. The molecular weight excluding hydrogens is 436 g/mol. The maximum absolute atomic E-state index is 13.2. The molecule has 0 spiro atoms. The van der Waals surface area contributed by atoms with Crippen LogP contribution in [0.15, 0.2) is 47.4 Å². The van der Waals surface area contributed by atoms with Crippen LogP contribution >= 0.6 is 0 Å². The summed E-state index contributed by atoms with van der Waals surface area (Å²) in [6.07, 6.45) is 5.29. The van der Waals surface area contributed by atoms with E-state index < -0.39 is 0 Å². The third-order valence-corrected chi connectivity index (χ3v) is 9.72. The largest absolute Gasteiger partial charge is 0.369 e. The summed E-state index contributed by atoms with van der Waals surface area (Å²) >= 11 is 0. The summed E-state index contributed by atoms with van der Waals surface area (Å²) in [5.74, 6) is 1.18. The van der Waals surface area contributed by atoms with E-state index in [1.165, 1.54) is 12.1 Å². The molecule has 3 atom stereocenters. The molecule has 3 aliphatic rings. The molecule has 7 nitrogen and oxygen atoms in total. The van der Waals surface area contributed by atoms with E-state index in [0.29, 0.717) is 11.9 Å². The number of nitrogens with one attached hydrogen (secondary N) is 1. The molecule has 0 amide bonds. The molecule has 184 valence electrons. The van der Waals surface area contributed by atoms with E-state index in [9.17, 15) is 4.79 Å². The highest BCUT2D eigenvalue weighted by molar-refractivity contribution is 5.76. The molecule has 0 radical (unpaired) electrons. The van der Waals surface area contributed by atoms with Gasteiger partial charge in [-0.2, -0.15) is 4.98 Å². The van der Waals surface area contributed by atoms with Crippen molar-refractivity contribution >= 4 is 28.4 Å². The standard InChI is InChI=1S/C28H36N6O/c1-27(2)20-11-12-28(27,3)23(17-20)34-24(35)10-5-19-18-29-26(31-25(19)34)30-21-6-8-22(9-7-21)33-15-13-32(4)14-16-33/h5-10,18,20,23H,11-17H2,1-4H3,(H,29,30,31). The molecule has 2 saturated carbocycles. The van der Waals surface area contributed by atoms with Gasteiger partial charge in [0.05, 0.1) is 0 Å². The third-order valence-electron chi connectivity index (χ3n) is 9.72. The van der Waals surface area contributed by atoms with Crippen molar-refractivity contribution in [2.45, 2.75) is 46.1 Å². The van der Waals surface area contributed by atoms with Crippen molar-refractivity contribution in [2.75, 3.05) is 43.4 Å². The van der Waals surface area contributed by atoms with Crippen LogP contribution < -0.4 is 15.8 Å². The second-order valence-corrected chi connectivity index (χ2v) is 11.6. The van der Waals surface area contributed by atoms with Gasteiger partial charge in [0.25, 0.3) is 5.56 Å². The molecule has 2 aromatic heterocycles. The number of hydrogen-bond donors (Lipinski definition) is 1. The van der Waals surface area contributed by atoms with Gasteiger partial charge < -0.3 is 15.1 Å². The van der Waals surface area contributed by atoms with Crippen LogP contribution in [0.3, 0.4) is 0 Å². The fraction of sp³-hybridized carbons (Fsp3) is 0.536. The highest BCUT2D eigenvalue weighted by Crippen LogP contribution is 2.69. The molecule has 35 heavy (non-hydrogen) atoms. The van der Waals surface area contributed by atoms with Crippen molar-refractivity contribution in [2.24, 2.45) is 16.7 Å². The second-order valence-electron chi connectivity index (χ2n) is 11.6. The number of aromatic nitrogens is 3. The number of hydrogen-bond acceptors (Lipinski definition) is 6. The molecular formula is C28H36N6O. The fourth-order valence-corrected chi connectivity index (χ4v) is 6.90. The minimum absolute atomic E-state index is 0.0354. The number of fused-ring (bicyclic) bond motifs is 3. The third kappa shape index (κ3) is 3.54. The zero-order valence-corrected chi connectivity index (χ0v) is 21.3. The maximum atomic E-state index is 13.2. The van der Waals surface area contributed by atoms with Crippen LogP contribution in [0.4, 0.5) is 17.3 Å². The van der Waals surface area contributed by atoms with Crippen molar-refractivity contribution in [3.05, 3.63) is 52.9 Å². The zero-order chi connectivity index (χ0) is 24.4. The summed E-state index contributed by atoms with van der Waals surface area (Å²) in [4.78, 5) is 27.4. The molecule has 2 bridgehead atoms. The van der Waals surface area contributed by atoms with Crippen LogP contribution in [-0.4, -0.2) is 52.7 Å². The minimum Gasteiger partial charge on any atom is -0.369 e. The van der Waals surface area contributed by atoms with Gasteiger partial charge in [0, 0.05) is 61.2 Å². The molecule has 3 aromatic rings. The van der Waals surface area contributed by atoms with Crippen LogP contribution in [0.25, 0.3) is 11.0 Å². The van der Waals surface area contributed by atoms with Crippen LogP contribution in [-0.2, 0) is 0 Å². The SMILES string of the molecule is CN1CCN(c2ccc(Nc3ncc4ccc(=O)n(C5CC6CCC5(C)C6(C)C)c4n3)cc2)CC1. The van der Waals surface area contributed by atoms with Crippen molar-refractivity contribution in [1.29, 1.82) is 0 Å². The quantitative estimate of drug-likeness (QED) is 0.595. The van der Waals surface area contributed by atoms with E-state index in [1.54, 1.807) is 6.07 Å². The Morgan fingerprint density at radius 1 is 1.00 bits per heavy atom. The number of rotatable bonds is 4. The van der Waals surface area contributed by atoms with E-state index in [2.05, 4.69) is 72.2 Å². The number of likely N-dealkylation sites (N-methyl/N-ethyl adjacent to an activating group) is 1. The zero-order valence-electron chi connectivity index (χ0n) is 21.3. The summed E-state index contributed by atoms with van der Waals surface area (Å²) < 4.78 is 1.97. The molecule has 6 rings (SSSR count). The van der Waals surface area contributed by atoms with Gasteiger partial charge in [-0.25, -0.2) is 4.98 Å². The first-order chi connectivity index (χ1) is 16.8. The Balaban J connectivity index is 1.30. The van der Waals surface area contributed by atoms with Crippen LogP contribution in [0, 0.1) is 16.7 Å². The Bertz CT molecular complexity index is 1310. The summed E-state index contributed by atoms with van der Waals surface area (Å²) in [5.41, 5.74) is 3.27. The van der Waals surface area contributed by atoms with Crippen LogP contribution in [0.1, 0.15) is 46.1 Å². The van der Waals surface area contributed by atoms with Crippen molar-refractivity contribution < 1.29 is 0 Å². The molecule has 1 aromatic carbocycles. The lowest BCUT2D eigenvalue weighted by molar-refractivity contribution is 0.107. The van der Waals surface area contributed by atoms with Crippen molar-refractivity contribution in [3.8, 4) is 0 Å². The molecule has 7 heteroatoms. The second kappa shape index (κ2) is 8.05. The minimum atomic E-state index is 0.0354. The van der Waals surface area contributed by atoms with Gasteiger partial charge in [0.15, 0.2) is 0 Å². The van der Waals surface area contributed by atoms with Crippen molar-refractivity contribution in [3.63, 3.8) is 0 Å². The van der Waals surface area contributed by atoms with E-state index in [1.807, 2.05) is 16.8 Å². The fourth-order valence-electron chi connectivity index (χ4n) is 6.90. The topological polar surface area (TPSA) is 66.3 Å². The van der Waals surface area contributed by atoms with E-state index in [4.69, 9.17) is 4.98 Å².